The van der Waals surface area contributed by atoms with Gasteiger partial charge in [0.05, 0.1) is 14.2 Å². The third-order valence-corrected chi connectivity index (χ3v) is 2.35. The van der Waals surface area contributed by atoms with E-state index in [-0.39, 0.29) is 0 Å². The number of ether oxygens (including phenoxy) is 2. The van der Waals surface area contributed by atoms with Gasteiger partial charge in [-0.15, -0.1) is 0 Å². The van der Waals surface area contributed by atoms with Gasteiger partial charge in [0.15, 0.2) is 11.5 Å². The first-order valence-corrected chi connectivity index (χ1v) is 5.14. The molecule has 3 heteroatoms. The highest BCUT2D eigenvalue weighted by Gasteiger charge is 2.09. The second-order valence-electron chi connectivity index (χ2n) is 3.85. The van der Waals surface area contributed by atoms with E-state index in [1.54, 1.807) is 14.2 Å². The van der Waals surface area contributed by atoms with Gasteiger partial charge in [0.1, 0.15) is 0 Å². The molecule has 0 spiro atoms. The SMILES string of the molecule is C=Cc1cc(OC)c(OC)cc1CN(C)C. The molecule has 0 aliphatic heterocycles. The van der Waals surface area contributed by atoms with Crippen molar-refractivity contribution in [1.82, 2.24) is 4.90 Å². The van der Waals surface area contributed by atoms with Gasteiger partial charge in [0.2, 0.25) is 0 Å². The number of hydrogen-bond acceptors (Lipinski definition) is 3. The van der Waals surface area contributed by atoms with Crippen molar-refractivity contribution >= 4 is 6.08 Å². The molecular formula is C13H19NO2. The largest absolute Gasteiger partial charge is 0.493 e. The van der Waals surface area contributed by atoms with Crippen LogP contribution in [0.1, 0.15) is 11.1 Å². The summed E-state index contributed by atoms with van der Waals surface area (Å²) in [6.07, 6.45) is 1.83. The Morgan fingerprint density at radius 1 is 1.19 bits per heavy atom. The fourth-order valence-electron chi connectivity index (χ4n) is 1.60. The van der Waals surface area contributed by atoms with Crippen LogP contribution in [0.25, 0.3) is 6.08 Å². The van der Waals surface area contributed by atoms with Crippen molar-refractivity contribution in [3.8, 4) is 11.5 Å². The highest BCUT2D eigenvalue weighted by Crippen LogP contribution is 2.31. The predicted octanol–water partition coefficient (Wildman–Crippen LogP) is 2.41. The molecular weight excluding hydrogens is 202 g/mol. The number of hydrogen-bond donors (Lipinski definition) is 0. The van der Waals surface area contributed by atoms with Crippen LogP contribution in [0, 0.1) is 0 Å². The average molecular weight is 221 g/mol. The van der Waals surface area contributed by atoms with Crippen molar-refractivity contribution < 1.29 is 9.47 Å². The van der Waals surface area contributed by atoms with Gasteiger partial charge >= 0.3 is 0 Å². The summed E-state index contributed by atoms with van der Waals surface area (Å²) in [5.41, 5.74) is 2.25. The van der Waals surface area contributed by atoms with E-state index in [2.05, 4.69) is 11.5 Å². The molecule has 0 bridgehead atoms. The van der Waals surface area contributed by atoms with E-state index < -0.39 is 0 Å². The zero-order chi connectivity index (χ0) is 12.1. The summed E-state index contributed by atoms with van der Waals surface area (Å²) in [7, 11) is 7.34. The molecule has 0 aliphatic rings. The van der Waals surface area contributed by atoms with Crippen LogP contribution in [0.2, 0.25) is 0 Å². The maximum atomic E-state index is 5.28. The zero-order valence-electron chi connectivity index (χ0n) is 10.4. The summed E-state index contributed by atoms with van der Waals surface area (Å²) in [6, 6.07) is 3.94. The van der Waals surface area contributed by atoms with Crippen LogP contribution in [-0.2, 0) is 6.54 Å². The molecule has 0 saturated carbocycles. The van der Waals surface area contributed by atoms with Crippen LogP contribution in [0.15, 0.2) is 18.7 Å². The Morgan fingerprint density at radius 2 is 1.75 bits per heavy atom. The van der Waals surface area contributed by atoms with Crippen molar-refractivity contribution in [2.75, 3.05) is 28.3 Å². The Balaban J connectivity index is 3.20. The van der Waals surface area contributed by atoms with Crippen molar-refractivity contribution in [2.24, 2.45) is 0 Å². The summed E-state index contributed by atoms with van der Waals surface area (Å²) >= 11 is 0. The molecule has 16 heavy (non-hydrogen) atoms. The minimum absolute atomic E-state index is 0.736. The maximum Gasteiger partial charge on any atom is 0.161 e. The fraction of sp³-hybridized carbons (Fsp3) is 0.385. The van der Waals surface area contributed by atoms with Gasteiger partial charge in [-0.25, -0.2) is 0 Å². The van der Waals surface area contributed by atoms with E-state index in [1.165, 1.54) is 5.56 Å². The molecule has 88 valence electrons. The lowest BCUT2D eigenvalue weighted by Crippen LogP contribution is -2.12. The number of rotatable bonds is 5. The quantitative estimate of drug-likeness (QED) is 0.762. The van der Waals surface area contributed by atoms with E-state index in [9.17, 15) is 0 Å². The average Bonchev–Trinajstić information content (AvgIpc) is 2.27. The molecule has 0 aromatic heterocycles. The molecule has 1 rings (SSSR count). The smallest absolute Gasteiger partial charge is 0.161 e. The first kappa shape index (κ1) is 12.6. The Kier molecular flexibility index (Phi) is 4.38. The molecule has 1 aromatic rings. The van der Waals surface area contributed by atoms with Crippen LogP contribution >= 0.6 is 0 Å². The molecule has 3 nitrogen and oxygen atoms in total. The minimum Gasteiger partial charge on any atom is -0.493 e. The van der Waals surface area contributed by atoms with Crippen LogP contribution in [0.4, 0.5) is 0 Å². The highest BCUT2D eigenvalue weighted by molar-refractivity contribution is 5.59. The zero-order valence-corrected chi connectivity index (χ0v) is 10.4. The summed E-state index contributed by atoms with van der Waals surface area (Å²) in [4.78, 5) is 2.11. The Morgan fingerprint density at radius 3 is 2.19 bits per heavy atom. The van der Waals surface area contributed by atoms with Gasteiger partial charge < -0.3 is 14.4 Å². The molecule has 0 N–H and O–H groups in total. The normalized spacial score (nSPS) is 10.3. The van der Waals surface area contributed by atoms with Crippen LogP contribution in [0.3, 0.4) is 0 Å². The minimum atomic E-state index is 0.736. The summed E-state index contributed by atoms with van der Waals surface area (Å²) in [6.45, 7) is 4.66. The van der Waals surface area contributed by atoms with Gasteiger partial charge in [-0.3, -0.25) is 0 Å². The molecule has 1 aromatic carbocycles. The third-order valence-electron chi connectivity index (χ3n) is 2.35. The van der Waals surface area contributed by atoms with Crippen molar-refractivity contribution in [3.05, 3.63) is 29.8 Å². The lowest BCUT2D eigenvalue weighted by Gasteiger charge is -2.16. The van der Waals surface area contributed by atoms with E-state index in [0.717, 1.165) is 23.6 Å². The molecule has 0 heterocycles. The lowest BCUT2D eigenvalue weighted by atomic mass is 10.1. The molecule has 0 unspecified atom stereocenters. The number of methoxy groups -OCH3 is 2. The standard InChI is InChI=1S/C13H19NO2/c1-6-10-7-12(15-4)13(16-5)8-11(10)9-14(2)3/h6-8H,1,9H2,2-5H3. The third kappa shape index (κ3) is 2.76. The number of benzene rings is 1. The van der Waals surface area contributed by atoms with Gasteiger partial charge in [-0.2, -0.15) is 0 Å². The Labute approximate surface area is 97.3 Å². The number of nitrogens with zero attached hydrogens (tertiary/aromatic N) is 1. The highest BCUT2D eigenvalue weighted by atomic mass is 16.5. The molecule has 0 fully saturated rings. The first-order chi connectivity index (χ1) is 7.62. The van der Waals surface area contributed by atoms with Crippen LogP contribution < -0.4 is 9.47 Å². The predicted molar refractivity (Wildman–Crippen MR) is 67.0 cm³/mol. The van der Waals surface area contributed by atoms with Gasteiger partial charge in [0, 0.05) is 6.54 Å². The van der Waals surface area contributed by atoms with Crippen molar-refractivity contribution in [2.45, 2.75) is 6.54 Å². The fourth-order valence-corrected chi connectivity index (χ4v) is 1.60. The summed E-state index contributed by atoms with van der Waals surface area (Å²) < 4.78 is 10.5. The molecule has 0 radical (unpaired) electrons. The molecule has 0 saturated heterocycles. The Bertz CT molecular complexity index is 372. The van der Waals surface area contributed by atoms with Crippen molar-refractivity contribution in [1.29, 1.82) is 0 Å². The van der Waals surface area contributed by atoms with Crippen molar-refractivity contribution in [3.63, 3.8) is 0 Å². The van der Waals surface area contributed by atoms with E-state index >= 15 is 0 Å². The maximum absolute atomic E-state index is 5.28. The molecule has 0 atom stereocenters. The van der Waals surface area contributed by atoms with Crippen LogP contribution in [0.5, 0.6) is 11.5 Å². The van der Waals surface area contributed by atoms with Gasteiger partial charge in [-0.05, 0) is 37.4 Å². The Hall–Kier alpha value is -1.48. The lowest BCUT2D eigenvalue weighted by molar-refractivity contribution is 0.352. The second-order valence-corrected chi connectivity index (χ2v) is 3.85. The van der Waals surface area contributed by atoms with Crippen LogP contribution in [-0.4, -0.2) is 33.2 Å². The molecule has 0 amide bonds. The van der Waals surface area contributed by atoms with E-state index in [1.807, 2.05) is 32.3 Å². The van der Waals surface area contributed by atoms with E-state index in [4.69, 9.17) is 9.47 Å². The molecule has 0 aliphatic carbocycles. The second kappa shape index (κ2) is 5.56. The van der Waals surface area contributed by atoms with Gasteiger partial charge in [0.25, 0.3) is 0 Å². The topological polar surface area (TPSA) is 21.7 Å². The monoisotopic (exact) mass is 221 g/mol. The van der Waals surface area contributed by atoms with E-state index in [0.29, 0.717) is 0 Å². The summed E-state index contributed by atoms with van der Waals surface area (Å²) in [5.74, 6) is 1.49. The van der Waals surface area contributed by atoms with Gasteiger partial charge in [-0.1, -0.05) is 12.7 Å². The first-order valence-electron chi connectivity index (χ1n) is 5.14. The summed E-state index contributed by atoms with van der Waals surface area (Å²) in [5, 5.41) is 0.